The van der Waals surface area contributed by atoms with Crippen LogP contribution in [0, 0.1) is 0 Å². The summed E-state index contributed by atoms with van der Waals surface area (Å²) in [6, 6.07) is 147. The first kappa shape index (κ1) is 63.5. The van der Waals surface area contributed by atoms with Crippen molar-refractivity contribution in [2.75, 3.05) is 0 Å². The van der Waals surface area contributed by atoms with Gasteiger partial charge in [0, 0.05) is 99.0 Å². The highest BCUT2D eigenvalue weighted by Crippen LogP contribution is 2.46. The Bertz CT molecular complexity index is 7620. The summed E-state index contributed by atoms with van der Waals surface area (Å²) in [6.07, 6.45) is 0. The monoisotopic (exact) mass is 1450 g/mol. The normalized spacial score (nSPS) is 12.0. The van der Waals surface area contributed by atoms with Crippen molar-refractivity contribution in [3.8, 4) is 90.3 Å². The van der Waals surface area contributed by atoms with Gasteiger partial charge < -0.3 is 18.3 Å². The number of fused-ring (bicyclic) bond motifs is 18. The van der Waals surface area contributed by atoms with Gasteiger partial charge in [0.25, 0.3) is 0 Å². The lowest BCUT2D eigenvalue weighted by atomic mass is 9.98. The molecule has 8 heteroatoms. The van der Waals surface area contributed by atoms with E-state index in [1.807, 2.05) is 0 Å². The molecule has 0 atom stereocenters. The third-order valence-electron chi connectivity index (χ3n) is 23.8. The van der Waals surface area contributed by atoms with E-state index in [2.05, 4.69) is 428 Å². The van der Waals surface area contributed by atoms with E-state index < -0.39 is 0 Å². The minimum atomic E-state index is 0.576. The molecular formula is C106H66N8. The molecule has 8 nitrogen and oxygen atoms in total. The Kier molecular flexibility index (Phi) is 14.0. The second-order valence-electron chi connectivity index (χ2n) is 30.1. The van der Waals surface area contributed by atoms with Crippen LogP contribution < -0.4 is 0 Å². The van der Waals surface area contributed by atoms with E-state index in [0.717, 1.165) is 139 Å². The van der Waals surface area contributed by atoms with Gasteiger partial charge in [-0.05, 0) is 202 Å². The highest BCUT2D eigenvalue weighted by Gasteiger charge is 2.25. The van der Waals surface area contributed by atoms with E-state index >= 15 is 0 Å². The van der Waals surface area contributed by atoms with Crippen LogP contribution in [0.15, 0.2) is 400 Å². The minimum Gasteiger partial charge on any atom is -0.309 e. The second-order valence-corrected chi connectivity index (χ2v) is 30.1. The van der Waals surface area contributed by atoms with E-state index in [-0.39, 0.29) is 0 Å². The van der Waals surface area contributed by atoms with Crippen LogP contribution in [0.3, 0.4) is 0 Å². The zero-order chi connectivity index (χ0) is 74.6. The van der Waals surface area contributed by atoms with Gasteiger partial charge in [-0.1, -0.05) is 237 Å². The van der Waals surface area contributed by atoms with Gasteiger partial charge in [0.2, 0.25) is 5.95 Å². The lowest BCUT2D eigenvalue weighted by Crippen LogP contribution is -2.07. The van der Waals surface area contributed by atoms with Crippen LogP contribution in [0.2, 0.25) is 0 Å². The van der Waals surface area contributed by atoms with Crippen LogP contribution in [0.25, 0.3) is 221 Å². The molecule has 530 valence electrons. The van der Waals surface area contributed by atoms with Crippen molar-refractivity contribution in [2.24, 2.45) is 0 Å². The third kappa shape index (κ3) is 9.78. The molecule has 0 bridgehead atoms. The average Bonchev–Trinajstić information content (AvgIpc) is 1.61. The topological polar surface area (TPSA) is 55.4 Å². The van der Waals surface area contributed by atoms with Crippen molar-refractivity contribution in [2.45, 2.75) is 0 Å². The minimum absolute atomic E-state index is 0.576. The molecule has 0 radical (unpaired) electrons. The lowest BCUT2D eigenvalue weighted by molar-refractivity contribution is 0.952. The second kappa shape index (κ2) is 25.1. The zero-order valence-electron chi connectivity index (χ0n) is 61.7. The summed E-state index contributed by atoms with van der Waals surface area (Å²) in [5, 5.41) is 14.2. The van der Waals surface area contributed by atoms with Crippen LogP contribution in [0.4, 0.5) is 0 Å². The molecule has 114 heavy (non-hydrogen) atoms. The highest BCUT2D eigenvalue weighted by molar-refractivity contribution is 6.18. The smallest absolute Gasteiger partial charge is 0.237 e. The first-order chi connectivity index (χ1) is 56.5. The van der Waals surface area contributed by atoms with Crippen molar-refractivity contribution < 1.29 is 0 Å². The van der Waals surface area contributed by atoms with Gasteiger partial charge in [0.1, 0.15) is 5.82 Å². The standard InChI is InChI=1S/C106H66N8/c1-6-24-67(25-7-1)92-66-105(113-95-40-22-16-34-80(95)84-50-42-74(64-103(84)113)72-48-56-101-90(62-72)88-60-70(46-54-99(88)111(101)78-30-12-4-13-31-78)68-44-52-97-86(58-68)82-36-18-20-38-93(82)109(97)76-26-8-2-9-27-76)108-106(107-92)114-96-41-23-17-35-81(96)85-51-43-75(65-104(85)114)73-49-57-102-91(63-73)89-61-71(47-55-100(89)112(102)79-32-14-5-15-33-79)69-45-53-98-87(59-69)83-37-19-21-39-94(83)110(98)77-28-10-3-11-29-77/h1-66H. The molecule has 24 rings (SSSR count). The zero-order valence-corrected chi connectivity index (χ0v) is 61.7. The molecule has 0 amide bonds. The SMILES string of the molecule is c1ccc(-c2cc(-n3c4ccccc4c4ccc(-c5ccc6c(c5)c5cc(-c7ccc8c(c7)c7ccccc7n8-c7ccccc7)ccc5n6-c5ccccc5)cc43)nc(-n3c4ccccc4c4ccc(-c5ccc6c(c5)c5cc(-c7ccc8c(c7)c7ccccc7n8-c7ccccc7)ccc5n6-c5ccccc5)cc43)n2)cc1. The fourth-order valence-corrected chi connectivity index (χ4v) is 18.6. The number of nitrogens with zero attached hydrogens (tertiary/aromatic N) is 8. The molecule has 0 spiro atoms. The van der Waals surface area contributed by atoms with Crippen molar-refractivity contribution >= 4 is 131 Å². The molecule has 7 aromatic heterocycles. The molecule has 0 aliphatic heterocycles. The first-order valence-corrected chi connectivity index (χ1v) is 39.0. The van der Waals surface area contributed by atoms with E-state index in [9.17, 15) is 0 Å². The Morgan fingerprint density at radius 2 is 0.377 bits per heavy atom. The number of rotatable bonds is 11. The van der Waals surface area contributed by atoms with Gasteiger partial charge in [-0.3, -0.25) is 9.13 Å². The fraction of sp³-hybridized carbons (Fsp3) is 0. The molecule has 0 aliphatic carbocycles. The number of benzene rings is 17. The molecule has 0 N–H and O–H groups in total. The van der Waals surface area contributed by atoms with Gasteiger partial charge in [0.05, 0.1) is 71.9 Å². The maximum Gasteiger partial charge on any atom is 0.237 e. The summed E-state index contributed by atoms with van der Waals surface area (Å²) in [4.78, 5) is 11.5. The van der Waals surface area contributed by atoms with Crippen molar-refractivity contribution in [1.29, 1.82) is 0 Å². The van der Waals surface area contributed by atoms with Crippen LogP contribution in [0.5, 0.6) is 0 Å². The van der Waals surface area contributed by atoms with Crippen LogP contribution in [0.1, 0.15) is 0 Å². The quantitative estimate of drug-likeness (QED) is 0.130. The average molecular weight is 1450 g/mol. The van der Waals surface area contributed by atoms with Crippen molar-refractivity contribution in [3.63, 3.8) is 0 Å². The highest BCUT2D eigenvalue weighted by atomic mass is 15.2. The lowest BCUT2D eigenvalue weighted by Gasteiger charge is -2.14. The van der Waals surface area contributed by atoms with Crippen LogP contribution in [-0.2, 0) is 0 Å². The molecule has 17 aromatic carbocycles. The predicted octanol–water partition coefficient (Wildman–Crippen LogP) is 27.4. The number of aromatic nitrogens is 8. The summed E-state index contributed by atoms with van der Waals surface area (Å²) in [5.74, 6) is 1.34. The van der Waals surface area contributed by atoms with Gasteiger partial charge >= 0.3 is 0 Å². The van der Waals surface area contributed by atoms with Gasteiger partial charge in [-0.15, -0.1) is 0 Å². The Hall–Kier alpha value is -15.4. The van der Waals surface area contributed by atoms with Gasteiger partial charge in [-0.2, -0.15) is 4.98 Å². The molecule has 0 saturated carbocycles. The molecular weight excluding hydrogens is 1390 g/mol. The molecule has 0 unspecified atom stereocenters. The summed E-state index contributed by atoms with van der Waals surface area (Å²) < 4.78 is 14.3. The van der Waals surface area contributed by atoms with E-state index in [4.69, 9.17) is 9.97 Å². The van der Waals surface area contributed by atoms with E-state index in [1.165, 1.54) is 76.3 Å². The van der Waals surface area contributed by atoms with Crippen LogP contribution in [-0.4, -0.2) is 37.4 Å². The predicted molar refractivity (Wildman–Crippen MR) is 475 cm³/mol. The Labute approximate surface area is 654 Å². The summed E-state index contributed by atoms with van der Waals surface area (Å²) in [5.41, 5.74) is 28.9. The van der Waals surface area contributed by atoms with E-state index in [1.54, 1.807) is 0 Å². The molecule has 24 aromatic rings. The summed E-state index contributed by atoms with van der Waals surface area (Å²) in [7, 11) is 0. The van der Waals surface area contributed by atoms with Crippen molar-refractivity contribution in [3.05, 3.63) is 400 Å². The Morgan fingerprint density at radius 3 is 0.719 bits per heavy atom. The maximum atomic E-state index is 5.83. The number of hydrogen-bond acceptors (Lipinski definition) is 2. The van der Waals surface area contributed by atoms with Crippen LogP contribution >= 0.6 is 0 Å². The number of para-hydroxylation sites is 8. The fourth-order valence-electron chi connectivity index (χ4n) is 18.6. The summed E-state index contributed by atoms with van der Waals surface area (Å²) in [6.45, 7) is 0. The maximum absolute atomic E-state index is 5.83. The van der Waals surface area contributed by atoms with E-state index in [0.29, 0.717) is 5.95 Å². The molecule has 0 aliphatic rings. The summed E-state index contributed by atoms with van der Waals surface area (Å²) >= 11 is 0. The molecule has 0 saturated heterocycles. The molecule has 7 heterocycles. The largest absolute Gasteiger partial charge is 0.309 e. The van der Waals surface area contributed by atoms with Gasteiger partial charge in [0.15, 0.2) is 0 Å². The Balaban J connectivity index is 0.656. The molecule has 0 fully saturated rings. The van der Waals surface area contributed by atoms with Crippen molar-refractivity contribution in [1.82, 2.24) is 37.4 Å². The Morgan fingerprint density at radius 1 is 0.140 bits per heavy atom. The number of hydrogen-bond donors (Lipinski definition) is 0. The van der Waals surface area contributed by atoms with Gasteiger partial charge in [-0.25, -0.2) is 4.98 Å². The first-order valence-electron chi connectivity index (χ1n) is 39.0. The third-order valence-corrected chi connectivity index (χ3v) is 23.8.